The Morgan fingerprint density at radius 2 is 1.21 bits per heavy atom. The Morgan fingerprint density at radius 3 is 1.64 bits per heavy atom. The largest absolute Gasteiger partial charge is 0.362 e. The topological polar surface area (TPSA) is 61.0 Å². The van der Waals surface area contributed by atoms with Crippen LogP contribution in [0.25, 0.3) is 21.8 Å². The van der Waals surface area contributed by atoms with Gasteiger partial charge in [0.1, 0.15) is 0 Å². The predicted molar refractivity (Wildman–Crippen MR) is 128 cm³/mol. The van der Waals surface area contributed by atoms with Crippen LogP contribution in [-0.2, 0) is 0 Å². The van der Waals surface area contributed by atoms with Gasteiger partial charge in [0.2, 0.25) is 0 Å². The van der Waals surface area contributed by atoms with Gasteiger partial charge < -0.3 is 21.3 Å². The number of pyridine rings is 1. The average molecular weight is 412 g/mol. The standard InChI is InChI=1S/C21H25N5S2/c1-3-9-22-20(27)24-16-7-5-14-11-15-6-8-17(25-21(28)23-10-4-2)13-19(15)26-18(14)12-16/h5-8,11-13H,3-4,9-10H2,1-2H3,(H2,22,24,27)(H2,23,25,28). The molecule has 0 aliphatic carbocycles. The van der Waals surface area contributed by atoms with Crippen LogP contribution in [0.2, 0.25) is 0 Å². The molecule has 5 nitrogen and oxygen atoms in total. The maximum absolute atomic E-state index is 5.32. The lowest BCUT2D eigenvalue weighted by Crippen LogP contribution is -2.28. The minimum Gasteiger partial charge on any atom is -0.362 e. The second-order valence-corrected chi connectivity index (χ2v) is 7.38. The number of hydrogen-bond acceptors (Lipinski definition) is 3. The summed E-state index contributed by atoms with van der Waals surface area (Å²) in [5.41, 5.74) is 3.68. The zero-order valence-corrected chi connectivity index (χ0v) is 17.8. The minimum atomic E-state index is 0.626. The SMILES string of the molecule is CCCNC(=S)Nc1ccc2cc3ccc(NC(=S)NCCC)cc3nc2c1. The maximum Gasteiger partial charge on any atom is 0.170 e. The highest BCUT2D eigenvalue weighted by atomic mass is 32.1. The Balaban J connectivity index is 1.83. The van der Waals surface area contributed by atoms with E-state index in [-0.39, 0.29) is 0 Å². The molecule has 7 heteroatoms. The number of benzene rings is 2. The fourth-order valence-corrected chi connectivity index (χ4v) is 3.25. The molecular weight excluding hydrogens is 386 g/mol. The molecule has 0 saturated carbocycles. The summed E-state index contributed by atoms with van der Waals surface area (Å²) in [6.45, 7) is 5.92. The van der Waals surface area contributed by atoms with E-state index >= 15 is 0 Å². The quantitative estimate of drug-likeness (QED) is 0.344. The van der Waals surface area contributed by atoms with Crippen LogP contribution in [0.1, 0.15) is 26.7 Å². The van der Waals surface area contributed by atoms with E-state index in [4.69, 9.17) is 29.4 Å². The fraction of sp³-hybridized carbons (Fsp3) is 0.286. The lowest BCUT2D eigenvalue weighted by Gasteiger charge is -2.12. The van der Waals surface area contributed by atoms with E-state index in [0.29, 0.717) is 10.2 Å². The first-order valence-corrected chi connectivity index (χ1v) is 10.3. The Labute approximate surface area is 176 Å². The summed E-state index contributed by atoms with van der Waals surface area (Å²) in [7, 11) is 0. The molecule has 0 unspecified atom stereocenters. The number of hydrogen-bond donors (Lipinski definition) is 4. The third-order valence-electron chi connectivity index (χ3n) is 4.20. The Bertz CT molecular complexity index is 926. The third-order valence-corrected chi connectivity index (χ3v) is 4.69. The molecular formula is C21H25N5S2. The Hall–Kier alpha value is -2.51. The van der Waals surface area contributed by atoms with E-state index in [0.717, 1.165) is 59.1 Å². The highest BCUT2D eigenvalue weighted by Crippen LogP contribution is 2.24. The summed E-state index contributed by atoms with van der Waals surface area (Å²) in [5.74, 6) is 0. The predicted octanol–water partition coefficient (Wildman–Crippen LogP) is 4.78. The lowest BCUT2D eigenvalue weighted by atomic mass is 10.1. The maximum atomic E-state index is 5.32. The Morgan fingerprint density at radius 1 is 0.750 bits per heavy atom. The van der Waals surface area contributed by atoms with Gasteiger partial charge in [-0.05, 0) is 67.6 Å². The summed E-state index contributed by atoms with van der Waals surface area (Å²) >= 11 is 10.6. The number of anilines is 2. The first-order chi connectivity index (χ1) is 13.6. The molecule has 0 atom stereocenters. The summed E-state index contributed by atoms with van der Waals surface area (Å²) in [5, 5.41) is 16.2. The third kappa shape index (κ3) is 5.27. The number of thiocarbonyl (C=S) groups is 2. The highest BCUT2D eigenvalue weighted by Gasteiger charge is 2.05. The van der Waals surface area contributed by atoms with Crippen molar-refractivity contribution in [2.45, 2.75) is 26.7 Å². The molecule has 0 aliphatic heterocycles. The first-order valence-electron chi connectivity index (χ1n) is 9.53. The number of aromatic nitrogens is 1. The molecule has 1 aromatic heterocycles. The van der Waals surface area contributed by atoms with Gasteiger partial charge >= 0.3 is 0 Å². The van der Waals surface area contributed by atoms with Crippen molar-refractivity contribution in [3.8, 4) is 0 Å². The van der Waals surface area contributed by atoms with Gasteiger partial charge in [0.25, 0.3) is 0 Å². The summed E-state index contributed by atoms with van der Waals surface area (Å²) in [6.07, 6.45) is 2.06. The summed E-state index contributed by atoms with van der Waals surface area (Å²) < 4.78 is 0. The molecule has 0 fully saturated rings. The molecule has 2 aromatic carbocycles. The van der Waals surface area contributed by atoms with Gasteiger partial charge in [-0.25, -0.2) is 4.98 Å². The number of rotatable bonds is 6. The Kier molecular flexibility index (Phi) is 6.95. The van der Waals surface area contributed by atoms with Gasteiger partial charge in [0.05, 0.1) is 11.0 Å². The zero-order chi connectivity index (χ0) is 19.9. The average Bonchev–Trinajstić information content (AvgIpc) is 2.69. The van der Waals surface area contributed by atoms with Crippen molar-refractivity contribution >= 4 is 67.8 Å². The van der Waals surface area contributed by atoms with E-state index in [1.807, 2.05) is 24.3 Å². The van der Waals surface area contributed by atoms with Crippen LogP contribution >= 0.6 is 24.4 Å². The summed E-state index contributed by atoms with van der Waals surface area (Å²) in [4.78, 5) is 4.83. The van der Waals surface area contributed by atoms with Gasteiger partial charge in [-0.3, -0.25) is 0 Å². The van der Waals surface area contributed by atoms with Crippen molar-refractivity contribution in [1.29, 1.82) is 0 Å². The van der Waals surface area contributed by atoms with Crippen molar-refractivity contribution in [1.82, 2.24) is 15.6 Å². The normalized spacial score (nSPS) is 10.6. The second kappa shape index (κ2) is 9.61. The van der Waals surface area contributed by atoms with Gasteiger partial charge in [-0.1, -0.05) is 26.0 Å². The molecule has 3 rings (SSSR count). The lowest BCUT2D eigenvalue weighted by molar-refractivity contribution is 0.846. The van der Waals surface area contributed by atoms with E-state index in [2.05, 4.69) is 53.3 Å². The van der Waals surface area contributed by atoms with Gasteiger partial charge in [-0.15, -0.1) is 0 Å². The molecule has 0 bridgehead atoms. The molecule has 4 N–H and O–H groups in total. The monoisotopic (exact) mass is 411 g/mol. The molecule has 1 heterocycles. The van der Waals surface area contributed by atoms with Crippen LogP contribution in [0.5, 0.6) is 0 Å². The van der Waals surface area contributed by atoms with Crippen LogP contribution in [0, 0.1) is 0 Å². The molecule has 0 saturated heterocycles. The zero-order valence-electron chi connectivity index (χ0n) is 16.1. The van der Waals surface area contributed by atoms with Gasteiger partial charge in [0, 0.05) is 35.2 Å². The first kappa shape index (κ1) is 20.2. The van der Waals surface area contributed by atoms with Gasteiger partial charge in [-0.2, -0.15) is 0 Å². The van der Waals surface area contributed by atoms with Crippen molar-refractivity contribution in [3.63, 3.8) is 0 Å². The number of fused-ring (bicyclic) bond motifs is 2. The van der Waals surface area contributed by atoms with Crippen molar-refractivity contribution in [2.75, 3.05) is 23.7 Å². The smallest absolute Gasteiger partial charge is 0.170 e. The number of nitrogens with one attached hydrogen (secondary N) is 4. The van der Waals surface area contributed by atoms with Crippen LogP contribution in [0.3, 0.4) is 0 Å². The van der Waals surface area contributed by atoms with Crippen molar-refractivity contribution in [2.24, 2.45) is 0 Å². The van der Waals surface area contributed by atoms with Crippen LogP contribution < -0.4 is 21.3 Å². The van der Waals surface area contributed by atoms with Crippen molar-refractivity contribution in [3.05, 3.63) is 42.5 Å². The molecule has 3 aromatic rings. The van der Waals surface area contributed by atoms with Crippen LogP contribution in [-0.4, -0.2) is 28.3 Å². The minimum absolute atomic E-state index is 0.626. The van der Waals surface area contributed by atoms with Crippen LogP contribution in [0.15, 0.2) is 42.5 Å². The van der Waals surface area contributed by atoms with E-state index in [1.54, 1.807) is 0 Å². The molecule has 0 radical (unpaired) electrons. The number of nitrogens with zero attached hydrogens (tertiary/aromatic N) is 1. The van der Waals surface area contributed by atoms with E-state index in [1.165, 1.54) is 0 Å². The molecule has 0 amide bonds. The molecule has 0 aliphatic rings. The van der Waals surface area contributed by atoms with E-state index < -0.39 is 0 Å². The van der Waals surface area contributed by atoms with Crippen LogP contribution in [0.4, 0.5) is 11.4 Å². The van der Waals surface area contributed by atoms with Gasteiger partial charge in [0.15, 0.2) is 10.2 Å². The molecule has 146 valence electrons. The van der Waals surface area contributed by atoms with Crippen molar-refractivity contribution < 1.29 is 0 Å². The highest BCUT2D eigenvalue weighted by molar-refractivity contribution is 7.80. The van der Waals surface area contributed by atoms with E-state index in [9.17, 15) is 0 Å². The molecule has 0 spiro atoms. The fourth-order valence-electron chi connectivity index (χ4n) is 2.81. The second-order valence-electron chi connectivity index (χ2n) is 6.57. The summed E-state index contributed by atoms with van der Waals surface area (Å²) in [6, 6.07) is 14.3. The molecule has 28 heavy (non-hydrogen) atoms.